The normalized spacial score (nSPS) is 12.1. The first-order valence-corrected chi connectivity index (χ1v) is 3.58. The summed E-state index contributed by atoms with van der Waals surface area (Å²) < 4.78 is 0. The summed E-state index contributed by atoms with van der Waals surface area (Å²) in [4.78, 5) is 13.9. The Balaban J connectivity index is 3.44. The molecule has 0 saturated heterocycles. The summed E-state index contributed by atoms with van der Waals surface area (Å²) in [6, 6.07) is -0.820. The van der Waals surface area contributed by atoms with Gasteiger partial charge in [0.15, 0.2) is 5.96 Å². The zero-order chi connectivity index (χ0) is 9.56. The van der Waals surface area contributed by atoms with E-state index in [1.807, 2.05) is 0 Å². The van der Waals surface area contributed by atoms with Gasteiger partial charge in [0.2, 0.25) is 0 Å². The van der Waals surface area contributed by atoms with Gasteiger partial charge in [0.05, 0.1) is 0 Å². The van der Waals surface area contributed by atoms with Crippen LogP contribution >= 0.6 is 0 Å². The highest BCUT2D eigenvalue weighted by molar-refractivity contribution is 5.75. The molecule has 7 N–H and O–H groups in total. The first kappa shape index (κ1) is 10.7. The van der Waals surface area contributed by atoms with E-state index >= 15 is 0 Å². The third kappa shape index (κ3) is 5.48. The highest BCUT2D eigenvalue weighted by Gasteiger charge is 2.09. The molecular formula is C6H14N4O2. The number of rotatable bonds is 5. The summed E-state index contributed by atoms with van der Waals surface area (Å²) in [5, 5.41) is 8.38. The van der Waals surface area contributed by atoms with Gasteiger partial charge in [0.1, 0.15) is 6.04 Å². The molecule has 0 spiro atoms. The summed E-state index contributed by atoms with van der Waals surface area (Å²) >= 11 is 0. The fourth-order valence-corrected chi connectivity index (χ4v) is 0.643. The van der Waals surface area contributed by atoms with Gasteiger partial charge in [-0.3, -0.25) is 9.79 Å². The minimum absolute atomic E-state index is 0.0129. The van der Waals surface area contributed by atoms with Crippen molar-refractivity contribution in [3.05, 3.63) is 0 Å². The lowest BCUT2D eigenvalue weighted by Crippen LogP contribution is -2.30. The van der Waals surface area contributed by atoms with Crippen molar-refractivity contribution in [3.8, 4) is 0 Å². The molecule has 0 unspecified atom stereocenters. The van der Waals surface area contributed by atoms with E-state index in [2.05, 4.69) is 4.99 Å². The Morgan fingerprint density at radius 2 is 2.17 bits per heavy atom. The molecular weight excluding hydrogens is 162 g/mol. The lowest BCUT2D eigenvalue weighted by molar-refractivity contribution is -0.138. The third-order valence-corrected chi connectivity index (χ3v) is 1.28. The van der Waals surface area contributed by atoms with Crippen LogP contribution in [0.3, 0.4) is 0 Å². The Hall–Kier alpha value is -1.30. The van der Waals surface area contributed by atoms with Crippen LogP contribution in [0.4, 0.5) is 0 Å². The molecule has 70 valence electrons. The van der Waals surface area contributed by atoms with Gasteiger partial charge in [-0.15, -0.1) is 0 Å². The van der Waals surface area contributed by atoms with E-state index in [-0.39, 0.29) is 5.96 Å². The van der Waals surface area contributed by atoms with E-state index < -0.39 is 12.0 Å². The van der Waals surface area contributed by atoms with Crippen molar-refractivity contribution < 1.29 is 9.90 Å². The number of aliphatic carboxylic acids is 1. The number of carboxylic acid groups (broad SMARTS) is 1. The molecule has 0 aliphatic carbocycles. The SMILES string of the molecule is NC(N)=NCCC[C@H](N)[14C](=O)O. The molecule has 12 heavy (non-hydrogen) atoms. The smallest absolute Gasteiger partial charge is 0.320 e. The molecule has 0 aliphatic rings. The van der Waals surface area contributed by atoms with Crippen LogP contribution in [-0.2, 0) is 4.79 Å². The maximum Gasteiger partial charge on any atom is 0.320 e. The van der Waals surface area contributed by atoms with Crippen LogP contribution < -0.4 is 17.2 Å². The van der Waals surface area contributed by atoms with Gasteiger partial charge in [-0.05, 0) is 12.8 Å². The largest absolute Gasteiger partial charge is 0.480 e. The molecule has 6 nitrogen and oxygen atoms in total. The van der Waals surface area contributed by atoms with E-state index in [4.69, 9.17) is 22.3 Å². The second kappa shape index (κ2) is 5.36. The summed E-state index contributed by atoms with van der Waals surface area (Å²) in [6.45, 7) is 0.420. The van der Waals surface area contributed by atoms with Crippen LogP contribution in [-0.4, -0.2) is 29.6 Å². The van der Waals surface area contributed by atoms with E-state index in [0.717, 1.165) is 0 Å². The molecule has 0 fully saturated rings. The van der Waals surface area contributed by atoms with Crippen molar-refractivity contribution in [3.63, 3.8) is 0 Å². The van der Waals surface area contributed by atoms with Gasteiger partial charge in [-0.2, -0.15) is 0 Å². The molecule has 1 atom stereocenters. The molecule has 0 rings (SSSR count). The Kier molecular flexibility index (Phi) is 4.78. The second-order valence-corrected chi connectivity index (χ2v) is 2.39. The van der Waals surface area contributed by atoms with E-state index in [1.165, 1.54) is 0 Å². The van der Waals surface area contributed by atoms with Crippen molar-refractivity contribution in [2.75, 3.05) is 6.54 Å². The Bertz CT molecular complexity index is 176. The number of carboxylic acids is 1. The van der Waals surface area contributed by atoms with E-state index in [1.54, 1.807) is 0 Å². The molecule has 6 heteroatoms. The average Bonchev–Trinajstić information content (AvgIpc) is 1.97. The number of aliphatic imine (C=N–C) groups is 1. The minimum Gasteiger partial charge on any atom is -0.480 e. The zero-order valence-electron chi connectivity index (χ0n) is 6.73. The topological polar surface area (TPSA) is 128 Å². The lowest BCUT2D eigenvalue weighted by atomic mass is 10.3. The molecule has 0 aromatic rings. The van der Waals surface area contributed by atoms with Gasteiger partial charge in [0.25, 0.3) is 0 Å². The van der Waals surface area contributed by atoms with Gasteiger partial charge in [-0.25, -0.2) is 0 Å². The van der Waals surface area contributed by atoms with Gasteiger partial charge < -0.3 is 22.3 Å². The van der Waals surface area contributed by atoms with Crippen molar-refractivity contribution in [1.82, 2.24) is 0 Å². The summed E-state index contributed by atoms with van der Waals surface area (Å²) in [5.41, 5.74) is 15.3. The number of carbonyl (C=O) groups is 1. The fraction of sp³-hybridized carbons (Fsp3) is 0.667. The van der Waals surface area contributed by atoms with Gasteiger partial charge >= 0.3 is 5.97 Å². The summed E-state index contributed by atoms with van der Waals surface area (Å²) in [6.07, 6.45) is 0.956. The van der Waals surface area contributed by atoms with Gasteiger partial charge in [0, 0.05) is 6.54 Å². The Morgan fingerprint density at radius 3 is 2.58 bits per heavy atom. The van der Waals surface area contributed by atoms with Crippen molar-refractivity contribution >= 4 is 11.9 Å². The standard InChI is InChI=1S/C6H14N4O2/c7-4(5(11)12)2-1-3-10-6(8)9/h4H,1-3,7H2,(H,11,12)(H4,8,9,10)/t4-/m0/s1/i5+2. The van der Waals surface area contributed by atoms with Crippen LogP contribution in [0.25, 0.3) is 0 Å². The minimum atomic E-state index is -1.00. The summed E-state index contributed by atoms with van der Waals surface area (Å²) in [5.74, 6) is -0.987. The first-order chi connectivity index (χ1) is 5.54. The Morgan fingerprint density at radius 1 is 1.58 bits per heavy atom. The number of hydrogen-bond acceptors (Lipinski definition) is 3. The maximum atomic E-state index is 10.2. The average molecular weight is 176 g/mol. The van der Waals surface area contributed by atoms with Crippen LogP contribution in [0, 0.1) is 0 Å². The number of nitrogens with two attached hydrogens (primary N) is 3. The predicted molar refractivity (Wildman–Crippen MR) is 45.5 cm³/mol. The monoisotopic (exact) mass is 176 g/mol. The molecule has 0 aromatic carbocycles. The number of hydrogen-bond donors (Lipinski definition) is 4. The highest BCUT2D eigenvalue weighted by Crippen LogP contribution is 1.94. The van der Waals surface area contributed by atoms with Crippen LogP contribution in [0.5, 0.6) is 0 Å². The number of guanidine groups is 1. The van der Waals surface area contributed by atoms with Crippen LogP contribution in [0.15, 0.2) is 4.99 Å². The maximum absolute atomic E-state index is 10.2. The fourth-order valence-electron chi connectivity index (χ4n) is 0.643. The molecule has 0 heterocycles. The molecule has 0 saturated carbocycles. The highest BCUT2D eigenvalue weighted by atomic mass is 16.6. The van der Waals surface area contributed by atoms with E-state index in [0.29, 0.717) is 19.4 Å². The number of nitrogens with zero attached hydrogens (tertiary/aromatic N) is 1. The van der Waals surface area contributed by atoms with Crippen LogP contribution in [0.2, 0.25) is 0 Å². The predicted octanol–water partition coefficient (Wildman–Crippen LogP) is -1.55. The van der Waals surface area contributed by atoms with E-state index in [9.17, 15) is 4.79 Å². The zero-order valence-corrected chi connectivity index (χ0v) is 6.73. The molecule has 0 bridgehead atoms. The molecule has 0 amide bonds. The van der Waals surface area contributed by atoms with Crippen LogP contribution in [0.1, 0.15) is 12.8 Å². The lowest BCUT2D eigenvalue weighted by Gasteiger charge is -2.03. The second-order valence-electron chi connectivity index (χ2n) is 2.39. The Labute approximate surface area is 70.4 Å². The summed E-state index contributed by atoms with van der Waals surface area (Å²) in [7, 11) is 0. The van der Waals surface area contributed by atoms with Gasteiger partial charge in [-0.1, -0.05) is 0 Å². The van der Waals surface area contributed by atoms with Crippen molar-refractivity contribution in [1.29, 1.82) is 0 Å². The van der Waals surface area contributed by atoms with Crippen molar-refractivity contribution in [2.45, 2.75) is 18.9 Å². The first-order valence-electron chi connectivity index (χ1n) is 3.58. The van der Waals surface area contributed by atoms with Crippen molar-refractivity contribution in [2.24, 2.45) is 22.2 Å². The molecule has 0 aromatic heterocycles. The quantitative estimate of drug-likeness (QED) is 0.229. The molecule has 0 radical (unpaired) electrons. The third-order valence-electron chi connectivity index (χ3n) is 1.28. The molecule has 0 aliphatic heterocycles.